The highest BCUT2D eigenvalue weighted by Gasteiger charge is 2.46. The molecule has 6 unspecified atom stereocenters. The molecule has 7 saturated heterocycles. The number of likely N-dealkylation sites (tertiary alicyclic amines) is 4. The number of esters is 3. The Kier molecular flexibility index (Phi) is 42.4. The summed E-state index contributed by atoms with van der Waals surface area (Å²) in [6.07, 6.45) is 2.26. The molecule has 0 aliphatic carbocycles. The minimum atomic E-state index is -1.18. The van der Waals surface area contributed by atoms with Gasteiger partial charge >= 0.3 is 54.1 Å². The van der Waals surface area contributed by atoms with E-state index in [1.54, 1.807) is 67.2 Å². The van der Waals surface area contributed by atoms with Gasteiger partial charge in [-0.3, -0.25) is 57.7 Å². The van der Waals surface area contributed by atoms with Crippen LogP contribution in [0, 0.1) is 0 Å². The zero-order valence-electron chi connectivity index (χ0n) is 77.8. The normalized spacial score (nSPS) is 21.0. The van der Waals surface area contributed by atoms with E-state index in [2.05, 4.69) is 43.8 Å². The van der Waals surface area contributed by atoms with E-state index in [0.29, 0.717) is 77.6 Å². The standard InChI is InChI=1S/C25H29N3O5.C21H28N2O6.C18H23N3O5.C15H17NO5.C10H17NO4.C9H11NO2/c1-17(26-19-11-6-3-7-12-19)24(31)28-14-8-13-21(28)23(30)27-20-15-22(29)33-25(20)32-16-18-9-4-2-5-10-18;1-21(2,3)29-20(26)23-11-7-10-16(23)18(25)22-15-12-17(24)28-19(15)27-13-14-8-5-4-6-9-14;1-12(19-13-6-3-2-4-7-13)18(26)21-9-5-8-15(21)17(25)20-14(11-22)10-16(23)24;1-2-8-19-15(18)16-12-9-13(17)21-14(12)20-10-11-6-4-3-5-7-11;1-10(2,3)15-9(14)11-6-4-5-7(11)8(12)13;1-7(9(11)12)10-8-5-3-2-4-6-8/h2-7,9-12,17,20-21,25-26H,8,13-16H2,1H3,(H,27,30);4-6,8-9,15-16,19H,7,10-13H2,1-3H3,(H,22,25);2-4,6-7,11-12,14-15,19H,5,8-10H2,1H3,(H,20,25)(H,23,24);2-7,12,14H,1,8-10H2,(H,16,18);7H,4-6H2,1-3H3,(H,12,13);2-7,10H,1H3,(H,11,12)/t17-,20?,21-,25?;15?,16-,19?;12-,14-,15-;;2*7-/m000.00/s1. The van der Waals surface area contributed by atoms with E-state index in [1.165, 1.54) is 20.8 Å². The molecule has 6 aromatic rings. The van der Waals surface area contributed by atoms with Crippen LogP contribution in [0.2, 0.25) is 0 Å². The second kappa shape index (κ2) is 53.8. The molecule has 7 heterocycles. The number of carboxylic acid groups (broad SMARTS) is 3. The Labute approximate surface area is 789 Å². The average molecular weight is 1890 g/mol. The quantitative estimate of drug-likeness (QED) is 0.00836. The minimum absolute atomic E-state index is 0.0321. The number of amides is 8. The molecule has 8 amide bonds. The summed E-state index contributed by atoms with van der Waals surface area (Å²) in [5, 5.41) is 46.0. The van der Waals surface area contributed by atoms with E-state index in [0.717, 1.165) is 46.6 Å². The van der Waals surface area contributed by atoms with Gasteiger partial charge in [0.2, 0.25) is 48.4 Å². The Morgan fingerprint density at radius 1 is 0.434 bits per heavy atom. The average Bonchev–Trinajstić information content (AvgIpc) is 1.67. The highest BCUT2D eigenvalue weighted by Crippen LogP contribution is 2.29. The van der Waals surface area contributed by atoms with Crippen molar-refractivity contribution in [3.8, 4) is 0 Å². The van der Waals surface area contributed by atoms with Crippen LogP contribution in [-0.4, -0.2) is 254 Å². The Balaban J connectivity index is 0.000000206. The summed E-state index contributed by atoms with van der Waals surface area (Å²) in [5.74, 6) is -5.71. The summed E-state index contributed by atoms with van der Waals surface area (Å²) < 4.78 is 47.9. The molecule has 6 aromatic carbocycles. The fourth-order valence-corrected chi connectivity index (χ4v) is 14.9. The highest BCUT2D eigenvalue weighted by atomic mass is 16.7. The summed E-state index contributed by atoms with van der Waals surface area (Å²) in [6, 6.07) is 49.5. The largest absolute Gasteiger partial charge is 0.481 e. The van der Waals surface area contributed by atoms with Gasteiger partial charge in [-0.05, 0) is 167 Å². The molecule has 0 saturated carbocycles. The van der Waals surface area contributed by atoms with E-state index in [-0.39, 0.29) is 62.7 Å². The number of hydrogen-bond acceptors (Lipinski definition) is 27. The first-order chi connectivity index (χ1) is 64.8. The number of nitrogens with one attached hydrogen (secondary N) is 7. The number of carbonyl (C=O) groups excluding carboxylic acids is 12. The number of anilines is 3. The second-order valence-electron chi connectivity index (χ2n) is 34.7. The highest BCUT2D eigenvalue weighted by molar-refractivity contribution is 5.94. The van der Waals surface area contributed by atoms with Crippen molar-refractivity contribution in [2.24, 2.45) is 0 Å². The van der Waals surface area contributed by atoms with Crippen molar-refractivity contribution >= 4 is 107 Å². The summed E-state index contributed by atoms with van der Waals surface area (Å²) in [5.41, 5.74) is 4.09. The first-order valence-corrected chi connectivity index (χ1v) is 45.0. The number of ether oxygens (including phenoxy) is 9. The lowest BCUT2D eigenvalue weighted by Crippen LogP contribution is -2.53. The first-order valence-electron chi connectivity index (χ1n) is 45.0. The molecule has 0 bridgehead atoms. The van der Waals surface area contributed by atoms with Crippen molar-refractivity contribution in [1.82, 2.24) is 40.9 Å². The third-order valence-electron chi connectivity index (χ3n) is 21.4. The number of aldehydes is 1. The fraction of sp³-hybridized carbons (Fsp3) is 0.459. The number of aliphatic carboxylic acids is 3. The molecule has 0 aromatic heterocycles. The third kappa shape index (κ3) is 36.1. The molecule has 14 atom stereocenters. The summed E-state index contributed by atoms with van der Waals surface area (Å²) in [7, 11) is 0. The number of hydrogen-bond donors (Lipinski definition) is 10. The molecule has 136 heavy (non-hydrogen) atoms. The molecule has 10 N–H and O–H groups in total. The van der Waals surface area contributed by atoms with Crippen molar-refractivity contribution in [2.45, 2.75) is 256 Å². The van der Waals surface area contributed by atoms with E-state index < -0.39 is 163 Å². The van der Waals surface area contributed by atoms with Crippen LogP contribution in [0.1, 0.15) is 156 Å². The SMILES string of the molecule is C=CCOC(=O)NC1CC(=O)OC1OCc1ccccc1.CC(C)(C)OC(=O)N1CCC[C@H]1C(=O)NC1CC(=O)OC1OCc1ccccc1.CC(C)(C)OC(=O)N1CCC[C@H]1C(=O)O.C[C@H](Nc1ccccc1)C(=O)N1CCC[C@H]1C(=O)NC1CC(=O)OC1OCc1ccccc1.C[C@H](Nc1ccccc1)C(=O)N1CCC[C@H]1C(=O)N[C@H](C=O)CC(=O)O.C[C@H](Nc1ccccc1)C(=O)O. The maximum atomic E-state index is 13.1. The number of nitrogens with zero attached hydrogens (tertiary/aromatic N) is 4. The van der Waals surface area contributed by atoms with Gasteiger partial charge in [-0.2, -0.15) is 0 Å². The monoisotopic (exact) mass is 1890 g/mol. The Bertz CT molecular complexity index is 4920. The molecular weight excluding hydrogens is 1760 g/mol. The van der Waals surface area contributed by atoms with Crippen LogP contribution >= 0.6 is 0 Å². The lowest BCUT2D eigenvalue weighted by atomic mass is 10.1. The Hall–Kier alpha value is -14.0. The van der Waals surface area contributed by atoms with Gasteiger partial charge in [0.05, 0.1) is 51.5 Å². The molecule has 0 radical (unpaired) electrons. The predicted octanol–water partition coefficient (Wildman–Crippen LogP) is 10.2. The molecule has 734 valence electrons. The number of carbonyl (C=O) groups is 15. The van der Waals surface area contributed by atoms with Gasteiger partial charge in [-0.15, -0.1) is 0 Å². The molecule has 7 fully saturated rings. The number of cyclic esters (lactones) is 3. The summed E-state index contributed by atoms with van der Waals surface area (Å²) in [4.78, 5) is 183. The summed E-state index contributed by atoms with van der Waals surface area (Å²) >= 11 is 0. The van der Waals surface area contributed by atoms with Crippen molar-refractivity contribution in [3.63, 3.8) is 0 Å². The molecule has 7 aliphatic heterocycles. The van der Waals surface area contributed by atoms with Gasteiger partial charge in [0.15, 0.2) is 0 Å². The van der Waals surface area contributed by atoms with E-state index in [9.17, 15) is 71.9 Å². The lowest BCUT2D eigenvalue weighted by molar-refractivity contribution is -0.168. The van der Waals surface area contributed by atoms with Crippen molar-refractivity contribution in [3.05, 3.63) is 211 Å². The van der Waals surface area contributed by atoms with Gasteiger partial charge in [-0.1, -0.05) is 158 Å². The van der Waals surface area contributed by atoms with Crippen LogP contribution in [0.25, 0.3) is 0 Å². The fourth-order valence-electron chi connectivity index (χ4n) is 14.9. The van der Waals surface area contributed by atoms with Gasteiger partial charge in [0.25, 0.3) is 0 Å². The van der Waals surface area contributed by atoms with Crippen LogP contribution < -0.4 is 37.2 Å². The number of rotatable bonds is 31. The van der Waals surface area contributed by atoms with Crippen molar-refractivity contribution in [1.29, 1.82) is 0 Å². The predicted molar refractivity (Wildman–Crippen MR) is 495 cm³/mol. The maximum absolute atomic E-state index is 13.1. The van der Waals surface area contributed by atoms with Crippen LogP contribution in [0.15, 0.2) is 195 Å². The second-order valence-corrected chi connectivity index (χ2v) is 34.7. The molecule has 7 aliphatic rings. The minimum Gasteiger partial charge on any atom is -0.481 e. The van der Waals surface area contributed by atoms with Crippen LogP contribution in [0.3, 0.4) is 0 Å². The number of benzene rings is 6. The molecular formula is C98H125N11O27. The number of alkyl carbamates (subject to hydrolysis) is 1. The molecule has 13 rings (SSSR count). The zero-order valence-corrected chi connectivity index (χ0v) is 77.8. The lowest BCUT2D eigenvalue weighted by Gasteiger charge is -2.29. The van der Waals surface area contributed by atoms with Gasteiger partial charge in [0, 0.05) is 43.2 Å². The van der Waals surface area contributed by atoms with Crippen LogP contribution in [-0.2, 0) is 120 Å². The van der Waals surface area contributed by atoms with Crippen molar-refractivity contribution in [2.75, 3.05) is 48.7 Å². The Morgan fingerprint density at radius 3 is 1.07 bits per heavy atom. The van der Waals surface area contributed by atoms with E-state index >= 15 is 0 Å². The van der Waals surface area contributed by atoms with Crippen LogP contribution in [0.5, 0.6) is 0 Å². The molecule has 38 nitrogen and oxygen atoms in total. The van der Waals surface area contributed by atoms with Gasteiger partial charge in [0.1, 0.15) is 84.5 Å². The first kappa shape index (κ1) is 107. The van der Waals surface area contributed by atoms with E-state index in [1.807, 2.05) is 182 Å². The Morgan fingerprint density at radius 2 is 0.743 bits per heavy atom. The third-order valence-corrected chi connectivity index (χ3v) is 21.4. The van der Waals surface area contributed by atoms with E-state index in [4.69, 9.17) is 58.0 Å². The van der Waals surface area contributed by atoms with Crippen molar-refractivity contribution < 1.29 is 130 Å². The maximum Gasteiger partial charge on any atom is 0.411 e. The van der Waals surface area contributed by atoms with Gasteiger partial charge in [-0.25, -0.2) is 19.2 Å². The molecule has 0 spiro atoms. The van der Waals surface area contributed by atoms with Crippen LogP contribution in [0.4, 0.5) is 31.4 Å². The number of para-hydroxylation sites is 3. The zero-order chi connectivity index (χ0) is 99.0. The number of carboxylic acids is 3. The summed E-state index contributed by atoms with van der Waals surface area (Å²) in [6.45, 7) is 22.0. The topological polar surface area (TPSA) is 497 Å². The molecule has 38 heteroatoms. The van der Waals surface area contributed by atoms with Gasteiger partial charge < -0.3 is 110 Å². The smallest absolute Gasteiger partial charge is 0.411 e.